The summed E-state index contributed by atoms with van der Waals surface area (Å²) in [5, 5.41) is 8.91. The highest BCUT2D eigenvalue weighted by Crippen LogP contribution is 2.19. The molecule has 1 amide bonds. The third-order valence-electron chi connectivity index (χ3n) is 3.85. The number of aliphatic hydroxyl groups excluding tert-OH is 1. The van der Waals surface area contributed by atoms with Crippen LogP contribution in [0, 0.1) is 0 Å². The minimum atomic E-state index is 0.174. The summed E-state index contributed by atoms with van der Waals surface area (Å²) in [4.78, 5) is 16.2. The number of β-amino-alcohol motifs (C(OH)–C–C–N with tert-alkyl or cyclic N) is 1. The molecule has 1 heterocycles. The maximum atomic E-state index is 12.1. The van der Waals surface area contributed by atoms with Crippen LogP contribution in [0.2, 0.25) is 0 Å². The van der Waals surface area contributed by atoms with Gasteiger partial charge in [-0.15, -0.1) is 0 Å². The van der Waals surface area contributed by atoms with Gasteiger partial charge in [-0.1, -0.05) is 12.1 Å². The van der Waals surface area contributed by atoms with Crippen molar-refractivity contribution in [2.45, 2.75) is 12.8 Å². The van der Waals surface area contributed by atoms with E-state index in [1.54, 1.807) is 6.07 Å². The summed E-state index contributed by atoms with van der Waals surface area (Å²) in [6.45, 7) is 4.51. The van der Waals surface area contributed by atoms with Crippen molar-refractivity contribution < 1.29 is 14.6 Å². The second-order valence-electron chi connectivity index (χ2n) is 5.44. The molecule has 6 nitrogen and oxygen atoms in total. The lowest BCUT2D eigenvalue weighted by molar-refractivity contribution is -0.133. The van der Waals surface area contributed by atoms with E-state index in [1.165, 1.54) is 0 Å². The first-order valence-electron chi connectivity index (χ1n) is 7.79. The Labute approximate surface area is 131 Å². The Morgan fingerprint density at radius 2 is 1.95 bits per heavy atom. The number of hydrogen-bond acceptors (Lipinski definition) is 5. The molecule has 0 atom stereocenters. The molecule has 1 aliphatic heterocycles. The minimum absolute atomic E-state index is 0.174. The van der Waals surface area contributed by atoms with Gasteiger partial charge in [0.15, 0.2) is 0 Å². The third-order valence-corrected chi connectivity index (χ3v) is 3.85. The first-order chi connectivity index (χ1) is 10.7. The van der Waals surface area contributed by atoms with Crippen molar-refractivity contribution >= 4 is 11.6 Å². The number of aliphatic hydroxyl groups is 1. The van der Waals surface area contributed by atoms with Crippen LogP contribution >= 0.6 is 0 Å². The zero-order valence-corrected chi connectivity index (χ0v) is 12.9. The van der Waals surface area contributed by atoms with E-state index in [0.29, 0.717) is 37.4 Å². The van der Waals surface area contributed by atoms with E-state index in [2.05, 4.69) is 4.90 Å². The molecular formula is C16H25N3O3. The Hall–Kier alpha value is -1.79. The fourth-order valence-electron chi connectivity index (χ4n) is 2.54. The number of ether oxygens (including phenoxy) is 1. The Balaban J connectivity index is 1.63. The van der Waals surface area contributed by atoms with E-state index in [4.69, 9.17) is 15.6 Å². The van der Waals surface area contributed by atoms with Crippen molar-refractivity contribution in [3.8, 4) is 5.75 Å². The largest absolute Gasteiger partial charge is 0.491 e. The summed E-state index contributed by atoms with van der Waals surface area (Å²) in [5.41, 5.74) is 6.41. The highest BCUT2D eigenvalue weighted by molar-refractivity contribution is 5.76. The summed E-state index contributed by atoms with van der Waals surface area (Å²) in [7, 11) is 0. The number of piperazine rings is 1. The predicted molar refractivity (Wildman–Crippen MR) is 85.7 cm³/mol. The topological polar surface area (TPSA) is 79.0 Å². The van der Waals surface area contributed by atoms with E-state index in [0.717, 1.165) is 26.2 Å². The average molecular weight is 307 g/mol. The molecule has 1 aromatic carbocycles. The van der Waals surface area contributed by atoms with Crippen molar-refractivity contribution in [3.05, 3.63) is 24.3 Å². The summed E-state index contributed by atoms with van der Waals surface area (Å²) in [5.74, 6) is 0.848. The molecule has 22 heavy (non-hydrogen) atoms. The van der Waals surface area contributed by atoms with E-state index in [-0.39, 0.29) is 12.5 Å². The first-order valence-corrected chi connectivity index (χ1v) is 7.79. The van der Waals surface area contributed by atoms with Gasteiger partial charge >= 0.3 is 0 Å². The molecule has 0 unspecified atom stereocenters. The summed E-state index contributed by atoms with van der Waals surface area (Å²) >= 11 is 0. The molecule has 3 N–H and O–H groups in total. The summed E-state index contributed by atoms with van der Waals surface area (Å²) < 4.78 is 5.59. The molecule has 0 bridgehead atoms. The minimum Gasteiger partial charge on any atom is -0.491 e. The first kappa shape index (κ1) is 16.6. The Morgan fingerprint density at radius 1 is 1.23 bits per heavy atom. The maximum absolute atomic E-state index is 12.1. The molecule has 0 saturated carbocycles. The molecule has 0 spiro atoms. The van der Waals surface area contributed by atoms with Crippen molar-refractivity contribution in [1.29, 1.82) is 0 Å². The van der Waals surface area contributed by atoms with E-state index >= 15 is 0 Å². The lowest BCUT2D eigenvalue weighted by atomic mass is 10.2. The number of amides is 1. The van der Waals surface area contributed by atoms with Crippen LogP contribution in [0.4, 0.5) is 5.69 Å². The fourth-order valence-corrected chi connectivity index (χ4v) is 2.54. The van der Waals surface area contributed by atoms with Crippen molar-refractivity contribution in [2.24, 2.45) is 0 Å². The smallest absolute Gasteiger partial charge is 0.222 e. The molecular weight excluding hydrogens is 282 g/mol. The molecule has 1 saturated heterocycles. The molecule has 6 heteroatoms. The quantitative estimate of drug-likeness (QED) is 0.568. The summed E-state index contributed by atoms with van der Waals surface area (Å²) in [6, 6.07) is 7.37. The van der Waals surface area contributed by atoms with Crippen LogP contribution in [-0.4, -0.2) is 66.8 Å². The van der Waals surface area contributed by atoms with E-state index < -0.39 is 0 Å². The number of anilines is 1. The van der Waals surface area contributed by atoms with Gasteiger partial charge in [0.2, 0.25) is 5.91 Å². The zero-order chi connectivity index (χ0) is 15.8. The number of benzene rings is 1. The Kier molecular flexibility index (Phi) is 6.48. The monoisotopic (exact) mass is 307 g/mol. The standard InChI is InChI=1S/C16H25N3O3/c17-14-4-1-2-5-15(14)22-13-3-6-16(21)19-9-7-18(8-10-19)11-12-20/h1-2,4-5,20H,3,6-13,17H2. The molecule has 0 aliphatic carbocycles. The van der Waals surface area contributed by atoms with Crippen LogP contribution in [0.25, 0.3) is 0 Å². The average Bonchev–Trinajstić information content (AvgIpc) is 2.54. The number of carbonyl (C=O) groups excluding carboxylic acids is 1. The van der Waals surface area contributed by atoms with E-state index in [1.807, 2.05) is 23.1 Å². The van der Waals surface area contributed by atoms with Crippen molar-refractivity contribution in [3.63, 3.8) is 0 Å². The van der Waals surface area contributed by atoms with Gasteiger partial charge < -0.3 is 20.5 Å². The summed E-state index contributed by atoms with van der Waals surface area (Å²) in [6.07, 6.45) is 1.18. The molecule has 0 aromatic heterocycles. The number of hydrogen-bond donors (Lipinski definition) is 2. The van der Waals surface area contributed by atoms with E-state index in [9.17, 15) is 4.79 Å². The lowest BCUT2D eigenvalue weighted by Crippen LogP contribution is -2.49. The Morgan fingerprint density at radius 3 is 2.64 bits per heavy atom. The molecule has 1 aliphatic rings. The number of nitrogen functional groups attached to an aromatic ring is 1. The molecule has 1 fully saturated rings. The number of rotatable bonds is 7. The zero-order valence-electron chi connectivity index (χ0n) is 12.9. The van der Waals surface area contributed by atoms with Gasteiger partial charge in [0.1, 0.15) is 5.75 Å². The second-order valence-corrected chi connectivity index (χ2v) is 5.44. The number of nitrogens with two attached hydrogens (primary N) is 1. The van der Waals surface area contributed by atoms with Crippen LogP contribution in [0.1, 0.15) is 12.8 Å². The molecule has 0 radical (unpaired) electrons. The van der Waals surface area contributed by atoms with Crippen molar-refractivity contribution in [2.75, 3.05) is 51.7 Å². The van der Waals surface area contributed by atoms with Gasteiger partial charge in [-0.05, 0) is 18.6 Å². The normalized spacial score (nSPS) is 15.8. The second kappa shape index (κ2) is 8.60. The maximum Gasteiger partial charge on any atom is 0.222 e. The number of nitrogens with zero attached hydrogens (tertiary/aromatic N) is 2. The van der Waals surface area contributed by atoms with Crippen LogP contribution in [-0.2, 0) is 4.79 Å². The van der Waals surface area contributed by atoms with Crippen LogP contribution in [0.3, 0.4) is 0 Å². The highest BCUT2D eigenvalue weighted by Gasteiger charge is 2.20. The molecule has 2 rings (SSSR count). The lowest BCUT2D eigenvalue weighted by Gasteiger charge is -2.34. The van der Waals surface area contributed by atoms with Crippen LogP contribution < -0.4 is 10.5 Å². The fraction of sp³-hybridized carbons (Fsp3) is 0.562. The van der Waals surface area contributed by atoms with Crippen LogP contribution in [0.15, 0.2) is 24.3 Å². The Bertz CT molecular complexity index is 473. The van der Waals surface area contributed by atoms with Gasteiger partial charge in [0, 0.05) is 39.1 Å². The predicted octanol–water partition coefficient (Wildman–Crippen LogP) is 0.564. The van der Waals surface area contributed by atoms with Crippen molar-refractivity contribution in [1.82, 2.24) is 9.80 Å². The molecule has 122 valence electrons. The SMILES string of the molecule is Nc1ccccc1OCCCC(=O)N1CCN(CCO)CC1. The third kappa shape index (κ3) is 4.89. The molecule has 1 aromatic rings. The number of para-hydroxylation sites is 2. The van der Waals surface area contributed by atoms with Gasteiger partial charge in [-0.3, -0.25) is 9.69 Å². The van der Waals surface area contributed by atoms with Gasteiger partial charge in [-0.2, -0.15) is 0 Å². The number of carbonyl (C=O) groups is 1. The van der Waals surface area contributed by atoms with Crippen LogP contribution in [0.5, 0.6) is 5.75 Å². The van der Waals surface area contributed by atoms with Gasteiger partial charge in [0.05, 0.1) is 18.9 Å². The highest BCUT2D eigenvalue weighted by atomic mass is 16.5. The van der Waals surface area contributed by atoms with Gasteiger partial charge in [0.25, 0.3) is 0 Å². The van der Waals surface area contributed by atoms with Gasteiger partial charge in [-0.25, -0.2) is 0 Å².